The number of unbranched alkanes of at least 4 members (excludes halogenated alkanes) is 17. The Morgan fingerprint density at radius 1 is 0.667 bits per heavy atom. The lowest BCUT2D eigenvalue weighted by molar-refractivity contribution is -0.140. The van der Waals surface area contributed by atoms with Gasteiger partial charge in [0.15, 0.2) is 0 Å². The van der Waals surface area contributed by atoms with Crippen LogP contribution in [0.1, 0.15) is 162 Å². The van der Waals surface area contributed by atoms with Gasteiger partial charge < -0.3 is 0 Å². The summed E-state index contributed by atoms with van der Waals surface area (Å²) >= 11 is 0. The fraction of sp³-hybridized carbons (Fsp3) is 0.867. The Kier molecular flexibility index (Phi) is 18.4. The molecule has 1 fully saturated rings. The molecular formula is C30H55NO2. The molecule has 0 spiro atoms. The summed E-state index contributed by atoms with van der Waals surface area (Å²) in [4.78, 5) is 26.4. The predicted molar refractivity (Wildman–Crippen MR) is 142 cm³/mol. The number of amides is 2. The van der Waals surface area contributed by atoms with E-state index in [2.05, 4.69) is 26.8 Å². The summed E-state index contributed by atoms with van der Waals surface area (Å²) in [6.07, 6.45) is 28.9. The van der Waals surface area contributed by atoms with Crippen molar-refractivity contribution >= 4 is 11.8 Å². The standard InChI is InChI=1S/C30H55NO2/c1-4-6-8-10-12-14-16-18-20-22-24-28(31-29(32)25-26-30(31)33)27(3)23-21-19-17-15-13-11-9-7-5-2/h23,28H,4-22,24-26H2,1-3H3/b27-23+. The quantitative estimate of drug-likeness (QED) is 0.0914. The molecule has 0 N–H and O–H groups in total. The van der Waals surface area contributed by atoms with Gasteiger partial charge in [-0.05, 0) is 26.2 Å². The van der Waals surface area contributed by atoms with E-state index in [4.69, 9.17) is 0 Å². The third kappa shape index (κ3) is 14.0. The number of likely N-dealkylation sites (tertiary alicyclic amines) is 1. The van der Waals surface area contributed by atoms with Crippen LogP contribution in [-0.2, 0) is 9.59 Å². The minimum absolute atomic E-state index is 0.00409. The van der Waals surface area contributed by atoms with Crippen LogP contribution in [0.3, 0.4) is 0 Å². The molecule has 0 aromatic rings. The van der Waals surface area contributed by atoms with Crippen LogP contribution < -0.4 is 0 Å². The van der Waals surface area contributed by atoms with E-state index in [-0.39, 0.29) is 17.9 Å². The summed E-state index contributed by atoms with van der Waals surface area (Å²) in [7, 11) is 0. The zero-order valence-corrected chi connectivity index (χ0v) is 22.5. The summed E-state index contributed by atoms with van der Waals surface area (Å²) in [6.45, 7) is 6.68. The number of hydrogen-bond donors (Lipinski definition) is 0. The lowest BCUT2D eigenvalue weighted by Crippen LogP contribution is -2.40. The topological polar surface area (TPSA) is 37.4 Å². The van der Waals surface area contributed by atoms with Crippen LogP contribution in [0.4, 0.5) is 0 Å². The molecule has 0 bridgehead atoms. The van der Waals surface area contributed by atoms with Gasteiger partial charge in [0, 0.05) is 12.8 Å². The van der Waals surface area contributed by atoms with Crippen molar-refractivity contribution in [2.24, 2.45) is 0 Å². The van der Waals surface area contributed by atoms with E-state index in [1.165, 1.54) is 115 Å². The second-order valence-electron chi connectivity index (χ2n) is 10.4. The molecule has 1 unspecified atom stereocenters. The summed E-state index contributed by atoms with van der Waals surface area (Å²) in [5.74, 6) is 0.0776. The van der Waals surface area contributed by atoms with E-state index < -0.39 is 0 Å². The molecule has 2 amide bonds. The van der Waals surface area contributed by atoms with Crippen molar-refractivity contribution in [3.63, 3.8) is 0 Å². The third-order valence-electron chi connectivity index (χ3n) is 7.28. The van der Waals surface area contributed by atoms with Crippen LogP contribution in [-0.4, -0.2) is 22.8 Å². The van der Waals surface area contributed by atoms with Gasteiger partial charge in [0.1, 0.15) is 0 Å². The predicted octanol–water partition coefficient (Wildman–Crippen LogP) is 9.29. The first-order valence-electron chi connectivity index (χ1n) is 14.6. The van der Waals surface area contributed by atoms with Gasteiger partial charge in [-0.25, -0.2) is 0 Å². The van der Waals surface area contributed by atoms with E-state index in [0.29, 0.717) is 12.8 Å². The lowest BCUT2D eigenvalue weighted by Gasteiger charge is -2.27. The fourth-order valence-electron chi connectivity index (χ4n) is 5.07. The van der Waals surface area contributed by atoms with E-state index in [1.807, 2.05) is 0 Å². The molecule has 1 atom stereocenters. The Labute approximate surface area is 206 Å². The summed E-state index contributed by atoms with van der Waals surface area (Å²) in [6, 6.07) is -0.00409. The highest BCUT2D eigenvalue weighted by Gasteiger charge is 2.35. The van der Waals surface area contributed by atoms with Gasteiger partial charge in [-0.3, -0.25) is 14.5 Å². The van der Waals surface area contributed by atoms with Crippen molar-refractivity contribution < 1.29 is 9.59 Å². The molecule has 0 aromatic heterocycles. The Hall–Kier alpha value is -1.12. The van der Waals surface area contributed by atoms with Crippen LogP contribution in [0.2, 0.25) is 0 Å². The van der Waals surface area contributed by atoms with Gasteiger partial charge in [0.05, 0.1) is 6.04 Å². The summed E-state index contributed by atoms with van der Waals surface area (Å²) in [5, 5.41) is 0. The van der Waals surface area contributed by atoms with Gasteiger partial charge in [0.25, 0.3) is 0 Å². The minimum Gasteiger partial charge on any atom is -0.275 e. The van der Waals surface area contributed by atoms with Crippen molar-refractivity contribution in [1.82, 2.24) is 4.90 Å². The molecule has 0 radical (unpaired) electrons. The monoisotopic (exact) mass is 461 g/mol. The van der Waals surface area contributed by atoms with E-state index in [9.17, 15) is 9.59 Å². The highest BCUT2D eigenvalue weighted by molar-refractivity contribution is 6.02. The molecule has 3 nitrogen and oxygen atoms in total. The number of rotatable bonds is 22. The summed E-state index contributed by atoms with van der Waals surface area (Å²) in [5.41, 5.74) is 1.23. The van der Waals surface area contributed by atoms with Crippen LogP contribution in [0.15, 0.2) is 11.6 Å². The van der Waals surface area contributed by atoms with Crippen LogP contribution in [0, 0.1) is 0 Å². The van der Waals surface area contributed by atoms with E-state index in [0.717, 1.165) is 19.3 Å². The average Bonchev–Trinajstić information content (AvgIpc) is 3.14. The second-order valence-corrected chi connectivity index (χ2v) is 10.4. The maximum absolute atomic E-state index is 12.4. The van der Waals surface area contributed by atoms with Crippen LogP contribution in [0.5, 0.6) is 0 Å². The van der Waals surface area contributed by atoms with Crippen molar-refractivity contribution in [2.45, 2.75) is 168 Å². The Morgan fingerprint density at radius 2 is 1.06 bits per heavy atom. The first-order chi connectivity index (χ1) is 16.1. The normalized spacial score (nSPS) is 15.6. The first-order valence-corrected chi connectivity index (χ1v) is 14.6. The SMILES string of the molecule is CCCCCCCCCC/C=C(\C)C(CCCCCCCCCCCC)N1C(=O)CCC1=O. The molecule has 1 aliphatic rings. The van der Waals surface area contributed by atoms with Gasteiger partial charge in [0.2, 0.25) is 11.8 Å². The minimum atomic E-state index is -0.00409. The molecule has 33 heavy (non-hydrogen) atoms. The molecular weight excluding hydrogens is 406 g/mol. The molecule has 3 heteroatoms. The number of carbonyl (C=O) groups is 2. The van der Waals surface area contributed by atoms with E-state index in [1.54, 1.807) is 4.90 Å². The molecule has 1 rings (SSSR count). The Morgan fingerprint density at radius 3 is 1.52 bits per heavy atom. The van der Waals surface area contributed by atoms with Crippen LogP contribution in [0.25, 0.3) is 0 Å². The van der Waals surface area contributed by atoms with Crippen molar-refractivity contribution in [3.8, 4) is 0 Å². The van der Waals surface area contributed by atoms with Crippen molar-refractivity contribution in [1.29, 1.82) is 0 Å². The number of imide groups is 1. The van der Waals surface area contributed by atoms with Crippen LogP contribution >= 0.6 is 0 Å². The van der Waals surface area contributed by atoms with Gasteiger partial charge in [-0.15, -0.1) is 0 Å². The lowest BCUT2D eigenvalue weighted by atomic mass is 9.97. The van der Waals surface area contributed by atoms with Gasteiger partial charge in [-0.1, -0.05) is 135 Å². The van der Waals surface area contributed by atoms with Crippen molar-refractivity contribution in [2.75, 3.05) is 0 Å². The molecule has 0 aliphatic carbocycles. The number of allylic oxidation sites excluding steroid dienone is 1. The highest BCUT2D eigenvalue weighted by atomic mass is 16.2. The molecule has 1 aliphatic heterocycles. The number of hydrogen-bond acceptors (Lipinski definition) is 2. The molecule has 192 valence electrons. The van der Waals surface area contributed by atoms with Crippen molar-refractivity contribution in [3.05, 3.63) is 11.6 Å². The molecule has 0 saturated carbocycles. The smallest absolute Gasteiger partial charge is 0.230 e. The maximum atomic E-state index is 12.4. The average molecular weight is 462 g/mol. The maximum Gasteiger partial charge on any atom is 0.230 e. The zero-order valence-electron chi connectivity index (χ0n) is 22.5. The Bertz CT molecular complexity index is 523. The number of carbonyl (C=O) groups excluding carboxylic acids is 2. The highest BCUT2D eigenvalue weighted by Crippen LogP contribution is 2.25. The zero-order chi connectivity index (χ0) is 24.2. The Balaban J connectivity index is 2.33. The summed E-state index contributed by atoms with van der Waals surface area (Å²) < 4.78 is 0. The second kappa shape index (κ2) is 20.3. The van der Waals surface area contributed by atoms with Gasteiger partial charge in [-0.2, -0.15) is 0 Å². The molecule has 1 saturated heterocycles. The largest absolute Gasteiger partial charge is 0.275 e. The number of nitrogens with zero attached hydrogens (tertiary/aromatic N) is 1. The van der Waals surface area contributed by atoms with E-state index >= 15 is 0 Å². The first kappa shape index (κ1) is 29.9. The third-order valence-corrected chi connectivity index (χ3v) is 7.28. The fourth-order valence-corrected chi connectivity index (χ4v) is 5.07. The van der Waals surface area contributed by atoms with Gasteiger partial charge >= 0.3 is 0 Å². The molecule has 1 heterocycles. The molecule has 0 aromatic carbocycles.